The van der Waals surface area contributed by atoms with E-state index in [1.807, 2.05) is 31.2 Å². The predicted octanol–water partition coefficient (Wildman–Crippen LogP) is 3.05. The Bertz CT molecular complexity index is 1130. The molecule has 1 fully saturated rings. The number of pyridine rings is 1. The molecule has 3 aromatic rings. The first-order chi connectivity index (χ1) is 16.1. The average molecular weight is 449 g/mol. The van der Waals surface area contributed by atoms with Crippen molar-refractivity contribution in [2.24, 2.45) is 0 Å². The van der Waals surface area contributed by atoms with Crippen LogP contribution in [-0.4, -0.2) is 43.2 Å². The van der Waals surface area contributed by atoms with Gasteiger partial charge < -0.3 is 9.75 Å². The molecule has 0 radical (unpaired) electrons. The molecule has 1 aliphatic heterocycles. The second-order valence-corrected chi connectivity index (χ2v) is 8.63. The number of benzene rings is 1. The van der Waals surface area contributed by atoms with E-state index < -0.39 is 10.9 Å². The van der Waals surface area contributed by atoms with Crippen molar-refractivity contribution in [3.63, 3.8) is 0 Å². The van der Waals surface area contributed by atoms with Crippen LogP contribution in [0, 0.1) is 6.92 Å². The number of rotatable bonds is 10. The van der Waals surface area contributed by atoms with E-state index in [0.717, 1.165) is 18.0 Å². The number of hydrogen-bond donors (Lipinski definition) is 1. The monoisotopic (exact) mass is 448 g/mol. The topological polar surface area (TPSA) is 74.8 Å². The summed E-state index contributed by atoms with van der Waals surface area (Å²) in [6.07, 6.45) is 6.24. The smallest absolute Gasteiger partial charge is 0.251 e. The molecule has 2 heterocycles. The third-order valence-corrected chi connectivity index (χ3v) is 6.17. The minimum atomic E-state index is -0.466. The summed E-state index contributed by atoms with van der Waals surface area (Å²) in [6.45, 7) is 6.25. The molecule has 0 atom stereocenters. The highest BCUT2D eigenvalue weighted by Crippen LogP contribution is 2.25. The number of likely N-dealkylation sites (tertiary alicyclic amines) is 1. The molecule has 0 aliphatic carbocycles. The van der Waals surface area contributed by atoms with Crippen LogP contribution in [0.4, 0.5) is 5.69 Å². The zero-order valence-electron chi connectivity index (χ0n) is 19.5. The lowest BCUT2D eigenvalue weighted by molar-refractivity contribution is 0.220. The maximum atomic E-state index is 12.3. The Balaban J connectivity index is 1.33. The maximum Gasteiger partial charge on any atom is 0.251 e. The highest BCUT2D eigenvalue weighted by atomic mass is 16.5. The first kappa shape index (κ1) is 23.1. The number of hydrazine groups is 1. The lowest BCUT2D eigenvalue weighted by Crippen LogP contribution is -2.47. The fraction of sp³-hybridized carbons (Fsp3) is 0.423. The summed E-state index contributed by atoms with van der Waals surface area (Å²) in [5, 5.41) is 1.73. The molecule has 2 aromatic carbocycles. The van der Waals surface area contributed by atoms with Gasteiger partial charge in [-0.15, -0.1) is 0 Å². The van der Waals surface area contributed by atoms with Crippen LogP contribution in [0.25, 0.3) is 11.1 Å². The number of nitrogens with one attached hydrogen (secondary N) is 1. The molecule has 0 bridgehead atoms. The van der Waals surface area contributed by atoms with Crippen molar-refractivity contribution in [1.29, 1.82) is 0 Å². The molecule has 174 valence electrons. The summed E-state index contributed by atoms with van der Waals surface area (Å²) in [7, 11) is 1.75. The van der Waals surface area contributed by atoms with E-state index in [4.69, 9.17) is 4.74 Å². The molecular formula is C26H32N4O3. The summed E-state index contributed by atoms with van der Waals surface area (Å²) in [5.41, 5.74) is 5.74. The Kier molecular flexibility index (Phi) is 7.52. The minimum absolute atomic E-state index is 0.400. The van der Waals surface area contributed by atoms with Crippen molar-refractivity contribution in [1.82, 2.24) is 15.3 Å². The van der Waals surface area contributed by atoms with Gasteiger partial charge in [0.2, 0.25) is 5.43 Å². The van der Waals surface area contributed by atoms with Gasteiger partial charge in [-0.2, -0.15) is 0 Å². The maximum absolute atomic E-state index is 12.3. The number of piperidine rings is 1. The van der Waals surface area contributed by atoms with Crippen molar-refractivity contribution >= 4 is 5.69 Å². The first-order valence-corrected chi connectivity index (χ1v) is 11.7. The van der Waals surface area contributed by atoms with Crippen LogP contribution in [0.1, 0.15) is 36.9 Å². The third kappa shape index (κ3) is 5.49. The molecule has 0 spiro atoms. The fourth-order valence-corrected chi connectivity index (χ4v) is 4.38. The van der Waals surface area contributed by atoms with Gasteiger partial charge in [0.15, 0.2) is 0 Å². The van der Waals surface area contributed by atoms with E-state index in [0.29, 0.717) is 36.4 Å². The molecule has 1 saturated heterocycles. The van der Waals surface area contributed by atoms with E-state index in [1.54, 1.807) is 18.3 Å². The highest BCUT2D eigenvalue weighted by Gasteiger charge is 2.26. The van der Waals surface area contributed by atoms with Gasteiger partial charge in [-0.1, -0.05) is 24.6 Å². The first-order valence-electron chi connectivity index (χ1n) is 11.7. The summed E-state index contributed by atoms with van der Waals surface area (Å²) in [6, 6.07) is 12.0. The van der Waals surface area contributed by atoms with Crippen molar-refractivity contribution in [3.05, 3.63) is 74.3 Å². The quantitative estimate of drug-likeness (QED) is 0.290. The Morgan fingerprint density at radius 2 is 1.91 bits per heavy atom. The van der Waals surface area contributed by atoms with E-state index in [1.165, 1.54) is 37.9 Å². The average Bonchev–Trinajstić information content (AvgIpc) is 2.84. The number of ether oxygens (including phenoxy) is 1. The zero-order chi connectivity index (χ0) is 23.2. The van der Waals surface area contributed by atoms with Crippen LogP contribution in [-0.2, 0) is 6.54 Å². The van der Waals surface area contributed by atoms with Crippen LogP contribution >= 0.6 is 0 Å². The molecule has 7 nitrogen and oxygen atoms in total. The van der Waals surface area contributed by atoms with Crippen LogP contribution in [0.3, 0.4) is 0 Å². The van der Waals surface area contributed by atoms with Crippen LogP contribution in [0.5, 0.6) is 5.75 Å². The van der Waals surface area contributed by atoms with Gasteiger partial charge in [0.05, 0.1) is 12.2 Å². The minimum Gasteiger partial charge on any atom is -0.494 e. The van der Waals surface area contributed by atoms with E-state index in [9.17, 15) is 9.59 Å². The van der Waals surface area contributed by atoms with Gasteiger partial charge in [0, 0.05) is 44.0 Å². The second kappa shape index (κ2) is 10.7. The van der Waals surface area contributed by atoms with Crippen LogP contribution in [0.15, 0.2) is 52.2 Å². The van der Waals surface area contributed by atoms with E-state index >= 15 is 0 Å². The van der Waals surface area contributed by atoms with Crippen molar-refractivity contribution in [2.75, 3.05) is 38.3 Å². The Morgan fingerprint density at radius 3 is 2.64 bits per heavy atom. The van der Waals surface area contributed by atoms with Gasteiger partial charge in [-0.05, 0) is 56.6 Å². The lowest BCUT2D eigenvalue weighted by atomic mass is 9.99. The molecule has 0 saturated carbocycles. The largest absolute Gasteiger partial charge is 0.494 e. The van der Waals surface area contributed by atoms with E-state index in [-0.39, 0.29) is 0 Å². The molecule has 1 N–H and O–H groups in total. The van der Waals surface area contributed by atoms with Crippen LogP contribution < -0.4 is 26.0 Å². The van der Waals surface area contributed by atoms with E-state index in [2.05, 4.69) is 27.4 Å². The molecular weight excluding hydrogens is 416 g/mol. The number of aryl methyl sites for hydroxylation is 1. The molecule has 4 rings (SSSR count). The van der Waals surface area contributed by atoms with Gasteiger partial charge >= 0.3 is 0 Å². The number of nitrogens with zero attached hydrogens (tertiary/aromatic N) is 3. The standard InChI is InChI=1S/C26H32N4O3/c1-19-10-11-21(17-28-19)23-24(26(32)25(23)31)30(27-2)14-7-15-33-22-9-6-8-20(16-22)18-29-12-4-3-5-13-29/h6,8-11,16-17,27H,3-5,7,12-15,18H2,1-2H3. The van der Waals surface area contributed by atoms with Gasteiger partial charge in [-0.25, -0.2) is 5.43 Å². The normalized spacial score (nSPS) is 14.5. The molecule has 0 unspecified atom stereocenters. The summed E-state index contributed by atoms with van der Waals surface area (Å²) in [5.74, 6) is 0.862. The highest BCUT2D eigenvalue weighted by molar-refractivity contribution is 5.82. The zero-order valence-corrected chi connectivity index (χ0v) is 19.5. The predicted molar refractivity (Wildman–Crippen MR) is 131 cm³/mol. The summed E-state index contributed by atoms with van der Waals surface area (Å²) < 4.78 is 5.98. The van der Waals surface area contributed by atoms with Gasteiger partial charge in [0.1, 0.15) is 11.4 Å². The lowest BCUT2D eigenvalue weighted by Gasteiger charge is -2.27. The Labute approximate surface area is 194 Å². The number of aromatic nitrogens is 1. The third-order valence-electron chi connectivity index (χ3n) is 6.17. The van der Waals surface area contributed by atoms with Gasteiger partial charge in [0.25, 0.3) is 5.43 Å². The van der Waals surface area contributed by atoms with Crippen molar-refractivity contribution in [2.45, 2.75) is 39.2 Å². The molecule has 0 amide bonds. The molecule has 7 heteroatoms. The SMILES string of the molecule is CNN(CCCOc1cccc(CN2CCCCC2)c1)c1c(-c2ccc(C)nc2)c(=O)c1=O. The summed E-state index contributed by atoms with van der Waals surface area (Å²) >= 11 is 0. The number of hydrogen-bond acceptors (Lipinski definition) is 7. The Morgan fingerprint density at radius 1 is 1.09 bits per heavy atom. The molecule has 1 aliphatic rings. The summed E-state index contributed by atoms with van der Waals surface area (Å²) in [4.78, 5) is 31.3. The second-order valence-electron chi connectivity index (χ2n) is 8.63. The molecule has 33 heavy (non-hydrogen) atoms. The Hall–Kier alpha value is -3.03. The fourth-order valence-electron chi connectivity index (χ4n) is 4.38. The van der Waals surface area contributed by atoms with Crippen LogP contribution in [0.2, 0.25) is 0 Å². The number of anilines is 1. The van der Waals surface area contributed by atoms with Gasteiger partial charge in [-0.3, -0.25) is 19.5 Å². The van der Waals surface area contributed by atoms with Crippen molar-refractivity contribution in [3.8, 4) is 16.9 Å². The van der Waals surface area contributed by atoms with Crippen molar-refractivity contribution < 1.29 is 4.74 Å². The molecule has 1 aromatic heterocycles.